The monoisotopic (exact) mass is 439 g/mol. The van der Waals surface area contributed by atoms with Crippen LogP contribution in [0.1, 0.15) is 11.1 Å². The normalized spacial score (nSPS) is 11.4. The van der Waals surface area contributed by atoms with Crippen molar-refractivity contribution in [1.29, 1.82) is 0 Å². The Labute approximate surface area is 189 Å². The highest BCUT2D eigenvalue weighted by Gasteiger charge is 2.10. The van der Waals surface area contributed by atoms with Gasteiger partial charge in [-0.2, -0.15) is 0 Å². The quantitative estimate of drug-likeness (QED) is 0.169. The molecule has 0 unspecified atom stereocenters. The summed E-state index contributed by atoms with van der Waals surface area (Å²) >= 11 is 5.90. The van der Waals surface area contributed by atoms with E-state index in [9.17, 15) is 4.79 Å². The molecule has 0 saturated carbocycles. The number of benzene rings is 4. The number of aliphatic imine (C=N–C) groups is 1. The summed E-state index contributed by atoms with van der Waals surface area (Å²) in [6, 6.07) is 28.3. The zero-order valence-electron chi connectivity index (χ0n) is 17.0. The predicted molar refractivity (Wildman–Crippen MR) is 129 cm³/mol. The third-order valence-corrected chi connectivity index (χ3v) is 5.44. The van der Waals surface area contributed by atoms with Gasteiger partial charge in [0.25, 0.3) is 0 Å². The van der Waals surface area contributed by atoms with Crippen LogP contribution in [-0.2, 0) is 6.61 Å². The fourth-order valence-electron chi connectivity index (χ4n) is 3.56. The highest BCUT2D eigenvalue weighted by Crippen LogP contribution is 2.27. The van der Waals surface area contributed by atoms with Crippen molar-refractivity contribution in [2.24, 2.45) is 4.99 Å². The SMILES string of the molecule is O=c1cc(COc2ccc(C=Nc3ccc(Cl)cc3)cc2)c2ccc3ccccc3c2o1. The van der Waals surface area contributed by atoms with Crippen LogP contribution >= 0.6 is 11.6 Å². The van der Waals surface area contributed by atoms with Crippen LogP contribution < -0.4 is 10.4 Å². The van der Waals surface area contributed by atoms with E-state index in [4.69, 9.17) is 20.8 Å². The smallest absolute Gasteiger partial charge is 0.336 e. The summed E-state index contributed by atoms with van der Waals surface area (Å²) in [6.07, 6.45) is 1.79. The lowest BCUT2D eigenvalue weighted by atomic mass is 10.0. The molecule has 0 atom stereocenters. The van der Waals surface area contributed by atoms with Crippen molar-refractivity contribution in [3.8, 4) is 5.75 Å². The lowest BCUT2D eigenvalue weighted by Gasteiger charge is -2.10. The molecule has 156 valence electrons. The van der Waals surface area contributed by atoms with E-state index >= 15 is 0 Å². The third kappa shape index (κ3) is 4.27. The van der Waals surface area contributed by atoms with E-state index in [-0.39, 0.29) is 12.2 Å². The Balaban J connectivity index is 1.35. The minimum Gasteiger partial charge on any atom is -0.489 e. The number of hydrogen-bond donors (Lipinski definition) is 0. The van der Waals surface area contributed by atoms with Gasteiger partial charge in [0.1, 0.15) is 17.9 Å². The Morgan fingerprint density at radius 1 is 0.875 bits per heavy atom. The molecule has 1 heterocycles. The van der Waals surface area contributed by atoms with Gasteiger partial charge >= 0.3 is 5.63 Å². The first kappa shape index (κ1) is 20.0. The maximum absolute atomic E-state index is 12.2. The molecule has 0 radical (unpaired) electrons. The summed E-state index contributed by atoms with van der Waals surface area (Å²) in [6.45, 7) is 0.263. The molecule has 0 bridgehead atoms. The number of rotatable bonds is 5. The van der Waals surface area contributed by atoms with Crippen LogP contribution in [0.15, 0.2) is 105 Å². The van der Waals surface area contributed by atoms with E-state index in [0.717, 1.165) is 33.0 Å². The molecule has 0 aliphatic carbocycles. The number of ether oxygens (including phenoxy) is 1. The molecule has 4 aromatic carbocycles. The van der Waals surface area contributed by atoms with Gasteiger partial charge in [0.05, 0.1) is 5.69 Å². The topological polar surface area (TPSA) is 51.8 Å². The van der Waals surface area contributed by atoms with Crippen molar-refractivity contribution in [1.82, 2.24) is 0 Å². The van der Waals surface area contributed by atoms with Crippen molar-refractivity contribution in [3.05, 3.63) is 118 Å². The first-order chi connectivity index (χ1) is 15.7. The highest BCUT2D eigenvalue weighted by atomic mass is 35.5. The Morgan fingerprint density at radius 3 is 2.47 bits per heavy atom. The molecule has 32 heavy (non-hydrogen) atoms. The Kier molecular flexibility index (Phi) is 5.44. The first-order valence-corrected chi connectivity index (χ1v) is 10.5. The van der Waals surface area contributed by atoms with Gasteiger partial charge < -0.3 is 9.15 Å². The molecule has 1 aromatic heterocycles. The number of halogens is 1. The molecule has 0 aliphatic heterocycles. The summed E-state index contributed by atoms with van der Waals surface area (Å²) in [5.41, 5.74) is 2.76. The van der Waals surface area contributed by atoms with Crippen LogP contribution in [0, 0.1) is 0 Å². The molecule has 5 rings (SSSR count). The molecule has 0 aliphatic rings. The van der Waals surface area contributed by atoms with Crippen LogP contribution in [0.5, 0.6) is 5.75 Å². The van der Waals surface area contributed by atoms with E-state index in [1.807, 2.05) is 84.9 Å². The Bertz CT molecular complexity index is 1490. The molecule has 0 N–H and O–H groups in total. The number of fused-ring (bicyclic) bond motifs is 3. The fraction of sp³-hybridized carbons (Fsp3) is 0.0370. The molecule has 4 nitrogen and oxygen atoms in total. The lowest BCUT2D eigenvalue weighted by Crippen LogP contribution is -2.04. The minimum absolute atomic E-state index is 0.263. The lowest BCUT2D eigenvalue weighted by molar-refractivity contribution is 0.306. The molecule has 5 aromatic rings. The van der Waals surface area contributed by atoms with Crippen molar-refractivity contribution >= 4 is 45.2 Å². The summed E-state index contributed by atoms with van der Waals surface area (Å²) in [5, 5.41) is 3.49. The van der Waals surface area contributed by atoms with Crippen molar-refractivity contribution in [3.63, 3.8) is 0 Å². The number of hydrogen-bond acceptors (Lipinski definition) is 4. The van der Waals surface area contributed by atoms with E-state index in [0.29, 0.717) is 16.4 Å². The molecule has 0 amide bonds. The van der Waals surface area contributed by atoms with Gasteiger partial charge in [0, 0.05) is 33.6 Å². The number of nitrogens with zero attached hydrogens (tertiary/aromatic N) is 1. The maximum atomic E-state index is 12.2. The van der Waals surface area contributed by atoms with Crippen LogP contribution in [-0.4, -0.2) is 6.21 Å². The first-order valence-electron chi connectivity index (χ1n) is 10.1. The summed E-state index contributed by atoms with van der Waals surface area (Å²) in [7, 11) is 0. The molecule has 0 spiro atoms. The van der Waals surface area contributed by atoms with Crippen molar-refractivity contribution in [2.75, 3.05) is 0 Å². The van der Waals surface area contributed by atoms with Gasteiger partial charge in [0.15, 0.2) is 0 Å². The molecule has 5 heteroatoms. The molecular weight excluding hydrogens is 422 g/mol. The van der Waals surface area contributed by atoms with Crippen LogP contribution in [0.4, 0.5) is 5.69 Å². The molecular formula is C27H18ClNO3. The zero-order valence-corrected chi connectivity index (χ0v) is 17.8. The standard InChI is InChI=1S/C27H18ClNO3/c28-21-8-10-22(11-9-21)29-16-18-5-12-23(13-6-18)31-17-20-15-26(30)32-27-24-4-2-1-3-19(24)7-14-25(20)27/h1-16H,17H2. The van der Waals surface area contributed by atoms with E-state index in [1.54, 1.807) is 6.21 Å². The second-order valence-corrected chi connectivity index (χ2v) is 7.78. The second kappa shape index (κ2) is 8.69. The summed E-state index contributed by atoms with van der Waals surface area (Å²) < 4.78 is 11.5. The van der Waals surface area contributed by atoms with E-state index in [1.165, 1.54) is 6.07 Å². The molecule has 0 saturated heterocycles. The average Bonchev–Trinajstić information content (AvgIpc) is 2.82. The third-order valence-electron chi connectivity index (χ3n) is 5.18. The van der Waals surface area contributed by atoms with Gasteiger partial charge in [-0.3, -0.25) is 4.99 Å². The second-order valence-electron chi connectivity index (χ2n) is 7.35. The molecule has 0 fully saturated rings. The Morgan fingerprint density at radius 2 is 1.66 bits per heavy atom. The van der Waals surface area contributed by atoms with Crippen LogP contribution in [0.2, 0.25) is 5.02 Å². The van der Waals surface area contributed by atoms with Gasteiger partial charge in [-0.15, -0.1) is 0 Å². The van der Waals surface area contributed by atoms with Gasteiger partial charge in [0.2, 0.25) is 0 Å². The predicted octanol–water partition coefficient (Wildman–Crippen LogP) is 6.93. The minimum atomic E-state index is -0.388. The largest absolute Gasteiger partial charge is 0.489 e. The fourth-order valence-corrected chi connectivity index (χ4v) is 3.69. The van der Waals surface area contributed by atoms with Crippen molar-refractivity contribution < 1.29 is 9.15 Å². The Hall–Kier alpha value is -3.89. The maximum Gasteiger partial charge on any atom is 0.336 e. The van der Waals surface area contributed by atoms with Gasteiger partial charge in [-0.25, -0.2) is 4.79 Å². The summed E-state index contributed by atoms with van der Waals surface area (Å²) in [4.78, 5) is 16.6. The van der Waals surface area contributed by atoms with E-state index < -0.39 is 0 Å². The van der Waals surface area contributed by atoms with Crippen LogP contribution in [0.25, 0.3) is 21.7 Å². The average molecular weight is 440 g/mol. The summed E-state index contributed by atoms with van der Waals surface area (Å²) in [5.74, 6) is 0.704. The zero-order chi connectivity index (χ0) is 21.9. The highest BCUT2D eigenvalue weighted by molar-refractivity contribution is 6.30. The van der Waals surface area contributed by atoms with Gasteiger partial charge in [-0.05, 0) is 59.5 Å². The van der Waals surface area contributed by atoms with Gasteiger partial charge in [-0.1, -0.05) is 48.0 Å². The van der Waals surface area contributed by atoms with E-state index in [2.05, 4.69) is 4.99 Å². The van der Waals surface area contributed by atoms with Crippen molar-refractivity contribution in [2.45, 2.75) is 6.61 Å². The van der Waals surface area contributed by atoms with Crippen LogP contribution in [0.3, 0.4) is 0 Å².